The van der Waals surface area contributed by atoms with Gasteiger partial charge in [0, 0.05) is 13.5 Å². The van der Waals surface area contributed by atoms with Gasteiger partial charge in [-0.15, -0.1) is 0 Å². The number of benzene rings is 1. The average Bonchev–Trinajstić information content (AvgIpc) is 2.38. The molecule has 0 aliphatic heterocycles. The van der Waals surface area contributed by atoms with Gasteiger partial charge in [-0.25, -0.2) is 4.79 Å². The van der Waals surface area contributed by atoms with Crippen molar-refractivity contribution in [2.75, 3.05) is 7.05 Å². The Bertz CT molecular complexity index is 440. The smallest absolute Gasteiger partial charge is 0.329 e. The lowest BCUT2D eigenvalue weighted by molar-refractivity contribution is -0.155. The minimum atomic E-state index is -1.16. The van der Waals surface area contributed by atoms with Crippen molar-refractivity contribution in [1.29, 1.82) is 0 Å². The van der Waals surface area contributed by atoms with Gasteiger partial charge in [0.25, 0.3) is 0 Å². The van der Waals surface area contributed by atoms with Crippen LogP contribution in [0.25, 0.3) is 0 Å². The van der Waals surface area contributed by atoms with Gasteiger partial charge in [-0.1, -0.05) is 30.3 Å². The largest absolute Gasteiger partial charge is 0.480 e. The molecule has 1 aromatic rings. The van der Waals surface area contributed by atoms with Gasteiger partial charge in [0.05, 0.1) is 0 Å². The second kappa shape index (κ2) is 6.36. The summed E-state index contributed by atoms with van der Waals surface area (Å²) in [6, 6.07) is 9.94. The number of nitrogens with zero attached hydrogens (tertiary/aromatic N) is 1. The van der Waals surface area contributed by atoms with Crippen molar-refractivity contribution in [2.45, 2.75) is 38.6 Å². The van der Waals surface area contributed by atoms with E-state index >= 15 is 0 Å². The first-order valence-corrected chi connectivity index (χ1v) is 6.39. The molecule has 0 heterocycles. The zero-order chi connectivity index (χ0) is 14.5. The molecule has 1 aromatic carbocycles. The quantitative estimate of drug-likeness (QED) is 0.857. The average molecular weight is 263 g/mol. The Labute approximate surface area is 114 Å². The first-order chi connectivity index (χ1) is 8.85. The molecule has 0 aliphatic carbocycles. The third-order valence-electron chi connectivity index (χ3n) is 3.43. The molecular weight excluding hydrogens is 242 g/mol. The van der Waals surface area contributed by atoms with Crippen LogP contribution in [0.4, 0.5) is 0 Å². The van der Waals surface area contributed by atoms with E-state index in [1.807, 2.05) is 30.3 Å². The summed E-state index contributed by atoms with van der Waals surface area (Å²) < 4.78 is 0. The number of rotatable bonds is 6. The first kappa shape index (κ1) is 15.2. The van der Waals surface area contributed by atoms with Gasteiger partial charge < -0.3 is 10.0 Å². The molecule has 1 N–H and O–H groups in total. The molecule has 1 rings (SSSR count). The number of aliphatic carboxylic acids is 1. The van der Waals surface area contributed by atoms with E-state index in [0.29, 0.717) is 6.42 Å². The third-order valence-corrected chi connectivity index (χ3v) is 3.43. The summed E-state index contributed by atoms with van der Waals surface area (Å²) in [5, 5.41) is 9.07. The lowest BCUT2D eigenvalue weighted by atomic mass is 10.0. The molecule has 0 bridgehead atoms. The molecule has 4 heteroatoms. The Morgan fingerprint density at radius 2 is 1.79 bits per heavy atom. The maximum absolute atomic E-state index is 11.9. The van der Waals surface area contributed by atoms with Crippen LogP contribution in [-0.2, 0) is 16.0 Å². The molecular formula is C15H21NO3. The van der Waals surface area contributed by atoms with Gasteiger partial charge in [0.1, 0.15) is 5.54 Å². The second-order valence-corrected chi connectivity index (χ2v) is 5.16. The predicted molar refractivity (Wildman–Crippen MR) is 73.9 cm³/mol. The van der Waals surface area contributed by atoms with E-state index < -0.39 is 11.5 Å². The lowest BCUT2D eigenvalue weighted by Crippen LogP contribution is -2.50. The van der Waals surface area contributed by atoms with Crippen LogP contribution in [0.3, 0.4) is 0 Å². The van der Waals surface area contributed by atoms with Crippen molar-refractivity contribution in [3.63, 3.8) is 0 Å². The van der Waals surface area contributed by atoms with E-state index in [1.165, 1.54) is 24.3 Å². The van der Waals surface area contributed by atoms with Crippen molar-refractivity contribution < 1.29 is 14.7 Å². The molecule has 0 radical (unpaired) electrons. The highest BCUT2D eigenvalue weighted by molar-refractivity contribution is 5.86. The topological polar surface area (TPSA) is 57.6 Å². The number of aryl methyl sites for hydroxylation is 1. The highest BCUT2D eigenvalue weighted by Gasteiger charge is 2.34. The Kier molecular flexibility index (Phi) is 5.10. The summed E-state index contributed by atoms with van der Waals surface area (Å²) in [6.07, 6.45) is 1.92. The highest BCUT2D eigenvalue weighted by Crippen LogP contribution is 2.15. The van der Waals surface area contributed by atoms with Gasteiger partial charge in [0.15, 0.2) is 0 Å². The Morgan fingerprint density at radius 1 is 1.21 bits per heavy atom. The molecule has 0 spiro atoms. The van der Waals surface area contributed by atoms with E-state index in [-0.39, 0.29) is 5.91 Å². The third kappa shape index (κ3) is 4.09. The normalized spacial score (nSPS) is 11.1. The van der Waals surface area contributed by atoms with Gasteiger partial charge in [-0.05, 0) is 32.3 Å². The molecule has 0 saturated carbocycles. The summed E-state index contributed by atoms with van der Waals surface area (Å²) in [4.78, 5) is 24.3. The van der Waals surface area contributed by atoms with Crippen LogP contribution < -0.4 is 0 Å². The molecule has 0 fully saturated rings. The number of hydrogen-bond donors (Lipinski definition) is 1. The highest BCUT2D eigenvalue weighted by atomic mass is 16.4. The van der Waals surface area contributed by atoms with Crippen LogP contribution >= 0.6 is 0 Å². The summed E-state index contributed by atoms with van der Waals surface area (Å²) in [6.45, 7) is 3.06. The molecule has 104 valence electrons. The summed E-state index contributed by atoms with van der Waals surface area (Å²) in [5.74, 6) is -1.13. The molecule has 0 aromatic heterocycles. The minimum absolute atomic E-state index is 0.136. The SMILES string of the molecule is CN(C(=O)CCCc1ccccc1)C(C)(C)C(=O)O. The zero-order valence-corrected chi connectivity index (χ0v) is 11.7. The number of carboxylic acids is 1. The van der Waals surface area contributed by atoms with Crippen LogP contribution in [-0.4, -0.2) is 34.5 Å². The molecule has 1 amide bonds. The maximum atomic E-state index is 11.9. The van der Waals surface area contributed by atoms with E-state index in [4.69, 9.17) is 5.11 Å². The van der Waals surface area contributed by atoms with E-state index in [0.717, 1.165) is 12.8 Å². The van der Waals surface area contributed by atoms with Crippen molar-refractivity contribution in [2.24, 2.45) is 0 Å². The Balaban J connectivity index is 2.46. The lowest BCUT2D eigenvalue weighted by Gasteiger charge is -2.31. The number of carboxylic acid groups (broad SMARTS) is 1. The summed E-state index contributed by atoms with van der Waals surface area (Å²) in [7, 11) is 1.54. The number of likely N-dealkylation sites (N-methyl/N-ethyl adjacent to an activating group) is 1. The van der Waals surface area contributed by atoms with Crippen molar-refractivity contribution >= 4 is 11.9 Å². The number of hydrogen-bond acceptors (Lipinski definition) is 2. The zero-order valence-electron chi connectivity index (χ0n) is 11.7. The minimum Gasteiger partial charge on any atom is -0.480 e. The molecule has 4 nitrogen and oxygen atoms in total. The summed E-state index contributed by atoms with van der Waals surface area (Å²) >= 11 is 0. The molecule has 0 atom stereocenters. The molecule has 19 heavy (non-hydrogen) atoms. The van der Waals surface area contributed by atoms with Crippen molar-refractivity contribution in [3.05, 3.63) is 35.9 Å². The monoisotopic (exact) mass is 263 g/mol. The Morgan fingerprint density at radius 3 is 2.32 bits per heavy atom. The second-order valence-electron chi connectivity index (χ2n) is 5.16. The number of carbonyl (C=O) groups excluding carboxylic acids is 1. The van der Waals surface area contributed by atoms with E-state index in [2.05, 4.69) is 0 Å². The number of carbonyl (C=O) groups is 2. The van der Waals surface area contributed by atoms with Gasteiger partial charge in [0.2, 0.25) is 5.91 Å². The van der Waals surface area contributed by atoms with Crippen LogP contribution in [0.2, 0.25) is 0 Å². The van der Waals surface area contributed by atoms with Gasteiger partial charge in [-0.2, -0.15) is 0 Å². The fourth-order valence-electron chi connectivity index (χ4n) is 1.71. The van der Waals surface area contributed by atoms with Crippen LogP contribution in [0.15, 0.2) is 30.3 Å². The van der Waals surface area contributed by atoms with Crippen molar-refractivity contribution in [1.82, 2.24) is 4.90 Å². The molecule has 0 saturated heterocycles. The van der Waals surface area contributed by atoms with Crippen LogP contribution in [0.1, 0.15) is 32.3 Å². The predicted octanol–water partition coefficient (Wildman–Crippen LogP) is 2.33. The molecule has 0 unspecified atom stereocenters. The fraction of sp³-hybridized carbons (Fsp3) is 0.467. The standard InChI is InChI=1S/C15H21NO3/c1-15(2,14(18)19)16(3)13(17)11-7-10-12-8-5-4-6-9-12/h4-6,8-9H,7,10-11H2,1-3H3,(H,18,19). The number of amides is 1. The fourth-order valence-corrected chi connectivity index (χ4v) is 1.71. The van der Waals surface area contributed by atoms with E-state index in [9.17, 15) is 9.59 Å². The first-order valence-electron chi connectivity index (χ1n) is 6.39. The van der Waals surface area contributed by atoms with Crippen LogP contribution in [0, 0.1) is 0 Å². The Hall–Kier alpha value is -1.84. The molecule has 0 aliphatic rings. The van der Waals surface area contributed by atoms with E-state index in [1.54, 1.807) is 7.05 Å². The van der Waals surface area contributed by atoms with Crippen LogP contribution in [0.5, 0.6) is 0 Å². The van der Waals surface area contributed by atoms with Gasteiger partial charge >= 0.3 is 5.97 Å². The van der Waals surface area contributed by atoms with Crippen molar-refractivity contribution in [3.8, 4) is 0 Å². The maximum Gasteiger partial charge on any atom is 0.329 e. The summed E-state index contributed by atoms with van der Waals surface area (Å²) in [5.41, 5.74) is 0.0274. The van der Waals surface area contributed by atoms with Gasteiger partial charge in [-0.3, -0.25) is 4.79 Å².